The van der Waals surface area contributed by atoms with Crippen LogP contribution in [0.5, 0.6) is 0 Å². The molecule has 132 valence electrons. The molecule has 2 aromatic rings. The van der Waals surface area contributed by atoms with E-state index in [0.717, 1.165) is 11.1 Å². The average Bonchev–Trinajstić information content (AvgIpc) is 2.55. The minimum atomic E-state index is -0.898. The van der Waals surface area contributed by atoms with Crippen molar-refractivity contribution in [1.29, 1.82) is 0 Å². The molecule has 2 aromatic carbocycles. The van der Waals surface area contributed by atoms with Gasteiger partial charge < -0.3 is 10.1 Å². The second kappa shape index (κ2) is 8.88. The first-order valence-corrected chi connectivity index (χ1v) is 8.61. The summed E-state index contributed by atoms with van der Waals surface area (Å²) in [6, 6.07) is 13.9. The smallest absolute Gasteiger partial charge is 0.311 e. The van der Waals surface area contributed by atoms with Gasteiger partial charge in [0, 0.05) is 10.0 Å². The van der Waals surface area contributed by atoms with Gasteiger partial charge in [0.1, 0.15) is 0 Å². The summed E-state index contributed by atoms with van der Waals surface area (Å²) in [5.41, 5.74) is 1.57. The maximum Gasteiger partial charge on any atom is 0.311 e. The van der Waals surface area contributed by atoms with Gasteiger partial charge in [-0.3, -0.25) is 9.59 Å². The van der Waals surface area contributed by atoms with Crippen LogP contribution in [0.25, 0.3) is 0 Å². The van der Waals surface area contributed by atoms with Gasteiger partial charge >= 0.3 is 5.97 Å². The molecule has 0 spiro atoms. The van der Waals surface area contributed by atoms with E-state index in [4.69, 9.17) is 27.9 Å². The summed E-state index contributed by atoms with van der Waals surface area (Å²) >= 11 is 12.0. The first-order chi connectivity index (χ1) is 11.9. The highest BCUT2D eigenvalue weighted by Gasteiger charge is 2.21. The lowest BCUT2D eigenvalue weighted by Gasteiger charge is -2.19. The highest BCUT2D eigenvalue weighted by atomic mass is 35.5. The first-order valence-electron chi connectivity index (χ1n) is 7.85. The summed E-state index contributed by atoms with van der Waals surface area (Å²) in [6.45, 7) is 3.33. The topological polar surface area (TPSA) is 55.4 Å². The zero-order valence-electron chi connectivity index (χ0n) is 14.0. The lowest BCUT2D eigenvalue weighted by atomic mass is 10.1. The summed E-state index contributed by atoms with van der Waals surface area (Å²) in [7, 11) is 0. The van der Waals surface area contributed by atoms with Gasteiger partial charge in [0.05, 0.1) is 12.5 Å². The predicted molar refractivity (Wildman–Crippen MR) is 98.7 cm³/mol. The molecule has 4 nitrogen and oxygen atoms in total. The Kier molecular flexibility index (Phi) is 6.85. The van der Waals surface area contributed by atoms with E-state index in [-0.39, 0.29) is 18.4 Å². The number of nitrogens with one attached hydrogen (secondary N) is 1. The number of amides is 1. The Balaban J connectivity index is 1.90. The number of benzene rings is 2. The van der Waals surface area contributed by atoms with Gasteiger partial charge in [-0.15, -0.1) is 0 Å². The molecule has 2 atom stereocenters. The lowest BCUT2D eigenvalue weighted by molar-refractivity contribution is -0.154. The molecule has 0 saturated heterocycles. The fourth-order valence-corrected chi connectivity index (χ4v) is 2.89. The van der Waals surface area contributed by atoms with Crippen LogP contribution in [0.2, 0.25) is 10.0 Å². The van der Waals surface area contributed by atoms with Gasteiger partial charge in [0.15, 0.2) is 6.10 Å². The van der Waals surface area contributed by atoms with Crippen LogP contribution < -0.4 is 5.32 Å². The maximum absolute atomic E-state index is 12.2. The molecule has 0 saturated carbocycles. The van der Waals surface area contributed by atoms with E-state index in [0.29, 0.717) is 10.0 Å². The molecule has 0 aromatic heterocycles. The Morgan fingerprint density at radius 1 is 1.08 bits per heavy atom. The number of ether oxygens (including phenoxy) is 1. The molecule has 0 aliphatic rings. The van der Waals surface area contributed by atoms with Crippen molar-refractivity contribution in [3.8, 4) is 0 Å². The predicted octanol–water partition coefficient (Wildman–Crippen LogP) is 4.35. The molecule has 1 N–H and O–H groups in total. The Labute approximate surface area is 157 Å². The molecule has 2 rings (SSSR count). The Morgan fingerprint density at radius 3 is 2.40 bits per heavy atom. The number of esters is 1. The first kappa shape index (κ1) is 19.3. The Morgan fingerprint density at radius 2 is 1.76 bits per heavy atom. The van der Waals surface area contributed by atoms with Crippen molar-refractivity contribution in [3.05, 3.63) is 69.7 Å². The SMILES string of the molecule is C[C@H](OC(=O)Cc1ccccc1)C(=O)N[C@H](C)c1ccc(Cl)cc1Cl. The zero-order valence-corrected chi connectivity index (χ0v) is 15.5. The van der Waals surface area contributed by atoms with Crippen molar-refractivity contribution in [1.82, 2.24) is 5.32 Å². The van der Waals surface area contributed by atoms with Crippen LogP contribution in [0.1, 0.15) is 31.0 Å². The van der Waals surface area contributed by atoms with E-state index in [9.17, 15) is 9.59 Å². The van der Waals surface area contributed by atoms with Gasteiger partial charge in [-0.25, -0.2) is 0 Å². The number of rotatable bonds is 6. The fraction of sp³-hybridized carbons (Fsp3) is 0.263. The van der Waals surface area contributed by atoms with E-state index in [2.05, 4.69) is 5.32 Å². The summed E-state index contributed by atoms with van der Waals surface area (Å²) in [5, 5.41) is 3.77. The Bertz CT molecular complexity index is 750. The number of carbonyl (C=O) groups is 2. The van der Waals surface area contributed by atoms with Crippen molar-refractivity contribution in [3.63, 3.8) is 0 Å². The van der Waals surface area contributed by atoms with Crippen LogP contribution in [0, 0.1) is 0 Å². The van der Waals surface area contributed by atoms with Crippen LogP contribution in [0.3, 0.4) is 0 Å². The zero-order chi connectivity index (χ0) is 18.4. The molecule has 0 aliphatic carbocycles. The van der Waals surface area contributed by atoms with Gasteiger partial charge in [-0.2, -0.15) is 0 Å². The summed E-state index contributed by atoms with van der Waals surface area (Å²) < 4.78 is 5.20. The summed E-state index contributed by atoms with van der Waals surface area (Å²) in [6.07, 6.45) is -0.776. The number of hydrogen-bond acceptors (Lipinski definition) is 3. The molecule has 0 unspecified atom stereocenters. The van der Waals surface area contributed by atoms with Gasteiger partial charge in [-0.05, 0) is 37.1 Å². The van der Waals surface area contributed by atoms with E-state index in [1.54, 1.807) is 25.1 Å². The van der Waals surface area contributed by atoms with Gasteiger partial charge in [-0.1, -0.05) is 59.6 Å². The van der Waals surface area contributed by atoms with Crippen LogP contribution in [0.4, 0.5) is 0 Å². The van der Waals surface area contributed by atoms with Crippen LogP contribution >= 0.6 is 23.2 Å². The van der Waals surface area contributed by atoms with Gasteiger partial charge in [0.2, 0.25) is 0 Å². The molecule has 6 heteroatoms. The summed E-state index contributed by atoms with van der Waals surface area (Å²) in [4.78, 5) is 24.2. The molecule has 0 aliphatic heterocycles. The van der Waals surface area contributed by atoms with E-state index in [1.807, 2.05) is 30.3 Å². The Hall–Kier alpha value is -2.04. The van der Waals surface area contributed by atoms with Crippen LogP contribution in [0.15, 0.2) is 48.5 Å². The van der Waals surface area contributed by atoms with E-state index < -0.39 is 12.1 Å². The highest BCUT2D eigenvalue weighted by molar-refractivity contribution is 6.35. The molecule has 25 heavy (non-hydrogen) atoms. The second-order valence-corrected chi connectivity index (χ2v) is 6.53. The third-order valence-corrected chi connectivity index (χ3v) is 4.22. The van der Waals surface area contributed by atoms with E-state index >= 15 is 0 Å². The quantitative estimate of drug-likeness (QED) is 0.759. The van der Waals surface area contributed by atoms with Crippen LogP contribution in [-0.2, 0) is 20.7 Å². The second-order valence-electron chi connectivity index (χ2n) is 5.69. The minimum Gasteiger partial charge on any atom is -0.452 e. The molecule has 0 heterocycles. The van der Waals surface area contributed by atoms with Crippen molar-refractivity contribution in [2.24, 2.45) is 0 Å². The molecular formula is C19H19Cl2NO3. The maximum atomic E-state index is 12.2. The molecule has 0 bridgehead atoms. The largest absolute Gasteiger partial charge is 0.452 e. The number of hydrogen-bond donors (Lipinski definition) is 1. The van der Waals surface area contributed by atoms with E-state index in [1.165, 1.54) is 6.92 Å². The monoisotopic (exact) mass is 379 g/mol. The third-order valence-electron chi connectivity index (χ3n) is 3.66. The number of halogens is 2. The third kappa shape index (κ3) is 5.76. The fourth-order valence-electron chi connectivity index (χ4n) is 2.32. The van der Waals surface area contributed by atoms with Crippen LogP contribution in [-0.4, -0.2) is 18.0 Å². The molecular weight excluding hydrogens is 361 g/mol. The average molecular weight is 380 g/mol. The molecule has 1 amide bonds. The van der Waals surface area contributed by atoms with Gasteiger partial charge in [0.25, 0.3) is 5.91 Å². The molecule has 0 radical (unpaired) electrons. The normalized spacial score (nSPS) is 13.0. The standard InChI is InChI=1S/C19H19Cl2NO3/c1-12(16-9-8-15(20)11-17(16)21)22-19(24)13(2)25-18(23)10-14-6-4-3-5-7-14/h3-9,11-13H,10H2,1-2H3,(H,22,24)/t12-,13+/m1/s1. The van der Waals surface area contributed by atoms with Crippen molar-refractivity contribution >= 4 is 35.1 Å². The van der Waals surface area contributed by atoms with Crippen molar-refractivity contribution in [2.75, 3.05) is 0 Å². The minimum absolute atomic E-state index is 0.122. The number of carbonyl (C=O) groups excluding carboxylic acids is 2. The highest BCUT2D eigenvalue weighted by Crippen LogP contribution is 2.26. The summed E-state index contributed by atoms with van der Waals surface area (Å²) in [5.74, 6) is -0.842. The lowest BCUT2D eigenvalue weighted by Crippen LogP contribution is -2.37. The van der Waals surface area contributed by atoms with Crippen molar-refractivity contribution in [2.45, 2.75) is 32.4 Å². The van der Waals surface area contributed by atoms with Crippen molar-refractivity contribution < 1.29 is 14.3 Å². The molecule has 0 fully saturated rings.